The third-order valence-electron chi connectivity index (χ3n) is 2.23. The molecule has 0 aliphatic carbocycles. The standard InChI is InChI=1S/C12H15F2NO3/c1-3-17-12(16)11(15-2)7-18-8-4-5-9(13)10(14)6-8/h4-6,11,15H,3,7H2,1-2H3. The van der Waals surface area contributed by atoms with Crippen LogP contribution >= 0.6 is 0 Å². The molecule has 0 saturated heterocycles. The second-order valence-corrected chi connectivity index (χ2v) is 3.48. The molecular formula is C12H15F2NO3. The van der Waals surface area contributed by atoms with Crippen LogP contribution in [-0.4, -0.2) is 32.3 Å². The third-order valence-corrected chi connectivity index (χ3v) is 2.23. The molecule has 1 N–H and O–H groups in total. The van der Waals surface area contributed by atoms with Gasteiger partial charge < -0.3 is 14.8 Å². The molecular weight excluding hydrogens is 244 g/mol. The van der Waals surface area contributed by atoms with Gasteiger partial charge in [0, 0.05) is 6.07 Å². The van der Waals surface area contributed by atoms with Crippen molar-refractivity contribution in [2.24, 2.45) is 0 Å². The second-order valence-electron chi connectivity index (χ2n) is 3.48. The fourth-order valence-corrected chi connectivity index (χ4v) is 1.26. The number of esters is 1. The van der Waals surface area contributed by atoms with E-state index in [9.17, 15) is 13.6 Å². The van der Waals surface area contributed by atoms with Gasteiger partial charge in [0.25, 0.3) is 0 Å². The molecule has 1 rings (SSSR count). The van der Waals surface area contributed by atoms with E-state index in [2.05, 4.69) is 5.32 Å². The molecule has 6 heteroatoms. The van der Waals surface area contributed by atoms with Gasteiger partial charge in [0.2, 0.25) is 0 Å². The Morgan fingerprint density at radius 1 is 1.39 bits per heavy atom. The summed E-state index contributed by atoms with van der Waals surface area (Å²) in [4.78, 5) is 11.4. The molecule has 0 aromatic heterocycles. The molecule has 4 nitrogen and oxygen atoms in total. The lowest BCUT2D eigenvalue weighted by Crippen LogP contribution is -2.40. The molecule has 0 heterocycles. The van der Waals surface area contributed by atoms with Crippen molar-refractivity contribution < 1.29 is 23.0 Å². The van der Waals surface area contributed by atoms with Crippen molar-refractivity contribution in [1.82, 2.24) is 5.32 Å². The van der Waals surface area contributed by atoms with Gasteiger partial charge in [-0.15, -0.1) is 0 Å². The molecule has 0 aliphatic rings. The molecule has 0 radical (unpaired) electrons. The molecule has 0 aliphatic heterocycles. The number of hydrogen-bond acceptors (Lipinski definition) is 4. The van der Waals surface area contributed by atoms with Gasteiger partial charge in [0.15, 0.2) is 11.6 Å². The molecule has 0 amide bonds. The minimum atomic E-state index is -0.996. The minimum absolute atomic E-state index is 0.0274. The van der Waals surface area contributed by atoms with Crippen LogP contribution in [0, 0.1) is 11.6 Å². The number of rotatable bonds is 6. The molecule has 1 aromatic carbocycles. The zero-order valence-corrected chi connectivity index (χ0v) is 10.2. The smallest absolute Gasteiger partial charge is 0.326 e. The summed E-state index contributed by atoms with van der Waals surface area (Å²) < 4.78 is 35.6. The maximum absolute atomic E-state index is 12.9. The van der Waals surface area contributed by atoms with Gasteiger partial charge >= 0.3 is 5.97 Å². The summed E-state index contributed by atoms with van der Waals surface area (Å²) in [5, 5.41) is 2.72. The van der Waals surface area contributed by atoms with E-state index in [1.54, 1.807) is 14.0 Å². The van der Waals surface area contributed by atoms with Crippen LogP contribution in [0.1, 0.15) is 6.92 Å². The van der Waals surface area contributed by atoms with Crippen molar-refractivity contribution in [2.45, 2.75) is 13.0 Å². The van der Waals surface area contributed by atoms with Gasteiger partial charge in [0.1, 0.15) is 18.4 Å². The first-order valence-corrected chi connectivity index (χ1v) is 5.50. The van der Waals surface area contributed by atoms with E-state index in [4.69, 9.17) is 9.47 Å². The van der Waals surface area contributed by atoms with Crippen LogP contribution in [0.4, 0.5) is 8.78 Å². The predicted octanol–water partition coefficient (Wildman–Crippen LogP) is 1.49. The van der Waals surface area contributed by atoms with Crippen molar-refractivity contribution in [2.75, 3.05) is 20.3 Å². The summed E-state index contributed by atoms with van der Waals surface area (Å²) in [5.74, 6) is -2.25. The highest BCUT2D eigenvalue weighted by Gasteiger charge is 2.18. The first-order chi connectivity index (χ1) is 8.58. The molecule has 0 spiro atoms. The lowest BCUT2D eigenvalue weighted by atomic mass is 10.3. The zero-order chi connectivity index (χ0) is 13.5. The van der Waals surface area contributed by atoms with E-state index in [1.165, 1.54) is 6.07 Å². The Kier molecular flexibility index (Phi) is 5.51. The third kappa shape index (κ3) is 3.96. The summed E-state index contributed by atoms with van der Waals surface area (Å²) in [6.45, 7) is 1.93. The maximum Gasteiger partial charge on any atom is 0.326 e. The molecule has 1 unspecified atom stereocenters. The van der Waals surface area contributed by atoms with Crippen molar-refractivity contribution in [3.05, 3.63) is 29.8 Å². The van der Waals surface area contributed by atoms with Crippen LogP contribution < -0.4 is 10.1 Å². The van der Waals surface area contributed by atoms with Crippen molar-refractivity contribution >= 4 is 5.97 Å². The Morgan fingerprint density at radius 2 is 2.11 bits per heavy atom. The van der Waals surface area contributed by atoms with Gasteiger partial charge in [-0.3, -0.25) is 4.79 Å². The fraction of sp³-hybridized carbons (Fsp3) is 0.417. The average Bonchev–Trinajstić information content (AvgIpc) is 2.34. The first-order valence-electron chi connectivity index (χ1n) is 5.50. The van der Waals surface area contributed by atoms with E-state index in [-0.39, 0.29) is 19.0 Å². The highest BCUT2D eigenvalue weighted by Crippen LogP contribution is 2.15. The number of carbonyl (C=O) groups is 1. The SMILES string of the molecule is CCOC(=O)C(COc1ccc(F)c(F)c1)NC. The Labute approximate surface area is 104 Å². The number of halogens is 2. The lowest BCUT2D eigenvalue weighted by Gasteiger charge is -2.15. The maximum atomic E-state index is 12.9. The monoisotopic (exact) mass is 259 g/mol. The van der Waals surface area contributed by atoms with Gasteiger partial charge in [-0.1, -0.05) is 0 Å². The Hall–Kier alpha value is -1.69. The number of hydrogen-bond donors (Lipinski definition) is 1. The van der Waals surface area contributed by atoms with Crippen LogP contribution in [0.25, 0.3) is 0 Å². The van der Waals surface area contributed by atoms with E-state index in [0.29, 0.717) is 0 Å². The minimum Gasteiger partial charge on any atom is -0.491 e. The van der Waals surface area contributed by atoms with Gasteiger partial charge in [0.05, 0.1) is 6.61 Å². The van der Waals surface area contributed by atoms with Gasteiger partial charge in [-0.25, -0.2) is 8.78 Å². The molecule has 0 fully saturated rings. The highest BCUT2D eigenvalue weighted by molar-refractivity contribution is 5.75. The Morgan fingerprint density at radius 3 is 2.67 bits per heavy atom. The first kappa shape index (κ1) is 14.4. The Bertz CT molecular complexity index is 412. The number of benzene rings is 1. The molecule has 100 valence electrons. The quantitative estimate of drug-likeness (QED) is 0.786. The van der Waals surface area contributed by atoms with E-state index in [0.717, 1.165) is 12.1 Å². The van der Waals surface area contributed by atoms with Gasteiger partial charge in [-0.05, 0) is 26.1 Å². The summed E-state index contributed by atoms with van der Waals surface area (Å²) in [7, 11) is 1.58. The molecule has 18 heavy (non-hydrogen) atoms. The number of nitrogens with one attached hydrogen (secondary N) is 1. The van der Waals surface area contributed by atoms with E-state index < -0.39 is 23.6 Å². The van der Waals surface area contributed by atoms with Crippen LogP contribution in [0.2, 0.25) is 0 Å². The Balaban J connectivity index is 2.56. The zero-order valence-electron chi connectivity index (χ0n) is 10.2. The van der Waals surface area contributed by atoms with Crippen LogP contribution in [0.15, 0.2) is 18.2 Å². The van der Waals surface area contributed by atoms with Crippen molar-refractivity contribution in [1.29, 1.82) is 0 Å². The second kappa shape index (κ2) is 6.90. The van der Waals surface area contributed by atoms with Crippen LogP contribution in [0.5, 0.6) is 5.75 Å². The molecule has 1 aromatic rings. The number of likely N-dealkylation sites (N-methyl/N-ethyl adjacent to an activating group) is 1. The topological polar surface area (TPSA) is 47.6 Å². The molecule has 0 saturated carbocycles. The van der Waals surface area contributed by atoms with Crippen molar-refractivity contribution in [3.63, 3.8) is 0 Å². The van der Waals surface area contributed by atoms with Crippen molar-refractivity contribution in [3.8, 4) is 5.75 Å². The summed E-state index contributed by atoms with van der Waals surface area (Å²) >= 11 is 0. The molecule has 0 bridgehead atoms. The summed E-state index contributed by atoms with van der Waals surface area (Å²) in [6, 6.07) is 2.52. The lowest BCUT2D eigenvalue weighted by molar-refractivity contribution is -0.146. The van der Waals surface area contributed by atoms with Gasteiger partial charge in [-0.2, -0.15) is 0 Å². The van der Waals surface area contributed by atoms with E-state index in [1.807, 2.05) is 0 Å². The van der Waals surface area contributed by atoms with E-state index >= 15 is 0 Å². The predicted molar refractivity (Wildman–Crippen MR) is 61.3 cm³/mol. The number of ether oxygens (including phenoxy) is 2. The number of carbonyl (C=O) groups excluding carboxylic acids is 1. The normalized spacial score (nSPS) is 12.0. The highest BCUT2D eigenvalue weighted by atomic mass is 19.2. The largest absolute Gasteiger partial charge is 0.491 e. The summed E-state index contributed by atoms with van der Waals surface area (Å²) in [5.41, 5.74) is 0. The fourth-order valence-electron chi connectivity index (χ4n) is 1.26. The average molecular weight is 259 g/mol. The van der Waals surface area contributed by atoms with Crippen LogP contribution in [0.3, 0.4) is 0 Å². The molecule has 1 atom stereocenters. The van der Waals surface area contributed by atoms with Crippen LogP contribution in [-0.2, 0) is 9.53 Å². The summed E-state index contributed by atoms with van der Waals surface area (Å²) in [6.07, 6.45) is 0.